The molecule has 4 heteroatoms. The Bertz CT molecular complexity index is 271. The number of ether oxygens (including phenoxy) is 1. The Morgan fingerprint density at radius 2 is 2.11 bits per heavy atom. The van der Waals surface area contributed by atoms with Crippen molar-refractivity contribution in [3.05, 3.63) is 0 Å². The molecule has 0 radical (unpaired) electrons. The van der Waals surface area contributed by atoms with E-state index in [0.717, 1.165) is 13.1 Å². The highest BCUT2D eigenvalue weighted by atomic mass is 16.6. The maximum Gasteiger partial charge on any atom is 0.407 e. The Morgan fingerprint density at radius 1 is 1.44 bits per heavy atom. The van der Waals surface area contributed by atoms with E-state index in [0.29, 0.717) is 12.0 Å². The molecule has 0 aromatic carbocycles. The van der Waals surface area contributed by atoms with Gasteiger partial charge in [-0.1, -0.05) is 0 Å². The van der Waals surface area contributed by atoms with Crippen molar-refractivity contribution in [2.24, 2.45) is 5.92 Å². The zero-order valence-corrected chi connectivity index (χ0v) is 12.5. The molecule has 0 bridgehead atoms. The molecule has 106 valence electrons. The van der Waals surface area contributed by atoms with E-state index in [9.17, 15) is 4.79 Å². The number of nitrogens with zero attached hydrogens (tertiary/aromatic N) is 1. The number of carbonyl (C=O) groups is 1. The van der Waals surface area contributed by atoms with Crippen molar-refractivity contribution in [2.45, 2.75) is 59.1 Å². The van der Waals surface area contributed by atoms with Crippen molar-refractivity contribution in [1.29, 1.82) is 0 Å². The number of rotatable bonds is 3. The lowest BCUT2D eigenvalue weighted by molar-refractivity contribution is 0.0503. The molecule has 0 spiro atoms. The van der Waals surface area contributed by atoms with Crippen LogP contribution >= 0.6 is 0 Å². The Hall–Kier alpha value is -0.770. The molecule has 0 saturated carbocycles. The van der Waals surface area contributed by atoms with E-state index in [1.807, 2.05) is 20.8 Å². The summed E-state index contributed by atoms with van der Waals surface area (Å²) < 4.78 is 5.24. The van der Waals surface area contributed by atoms with Crippen molar-refractivity contribution in [1.82, 2.24) is 10.2 Å². The molecular weight excluding hydrogens is 228 g/mol. The maximum absolute atomic E-state index is 11.6. The van der Waals surface area contributed by atoms with Gasteiger partial charge in [0.05, 0.1) is 0 Å². The molecule has 0 aromatic rings. The molecular formula is C14H28N2O2. The van der Waals surface area contributed by atoms with E-state index in [-0.39, 0.29) is 6.09 Å². The first kappa shape index (κ1) is 15.3. The average Bonchev–Trinajstić information content (AvgIpc) is 2.24. The number of carbonyl (C=O) groups excluding carboxylic acids is 1. The van der Waals surface area contributed by atoms with E-state index in [2.05, 4.69) is 24.1 Å². The number of piperidine rings is 1. The predicted molar refractivity (Wildman–Crippen MR) is 73.7 cm³/mol. The van der Waals surface area contributed by atoms with Crippen molar-refractivity contribution >= 4 is 6.09 Å². The molecule has 1 aliphatic rings. The van der Waals surface area contributed by atoms with Gasteiger partial charge in [0.2, 0.25) is 0 Å². The molecule has 1 aliphatic heterocycles. The highest BCUT2D eigenvalue weighted by Crippen LogP contribution is 2.17. The number of nitrogens with one attached hydrogen (secondary N) is 1. The lowest BCUT2D eigenvalue weighted by atomic mass is 9.97. The minimum Gasteiger partial charge on any atom is -0.444 e. The number of hydrogen-bond donors (Lipinski definition) is 1. The normalized spacial score (nSPS) is 22.0. The first-order valence-corrected chi connectivity index (χ1v) is 6.99. The van der Waals surface area contributed by atoms with Crippen LogP contribution in [0.2, 0.25) is 0 Å². The monoisotopic (exact) mass is 256 g/mol. The van der Waals surface area contributed by atoms with Crippen LogP contribution in [0.25, 0.3) is 0 Å². The molecule has 1 saturated heterocycles. The third-order valence-corrected chi connectivity index (χ3v) is 3.21. The molecule has 1 amide bonds. The molecule has 1 atom stereocenters. The quantitative estimate of drug-likeness (QED) is 0.844. The van der Waals surface area contributed by atoms with Gasteiger partial charge in [0.15, 0.2) is 0 Å². The summed E-state index contributed by atoms with van der Waals surface area (Å²) in [6.45, 7) is 13.1. The van der Waals surface area contributed by atoms with E-state index >= 15 is 0 Å². The number of alkyl carbamates (subject to hydrolysis) is 1. The Kier molecular flexibility index (Phi) is 5.45. The van der Waals surface area contributed by atoms with E-state index in [1.54, 1.807) is 0 Å². The van der Waals surface area contributed by atoms with E-state index in [1.165, 1.54) is 19.4 Å². The fourth-order valence-corrected chi connectivity index (χ4v) is 2.27. The van der Waals surface area contributed by atoms with Gasteiger partial charge in [-0.25, -0.2) is 4.79 Å². The van der Waals surface area contributed by atoms with Crippen LogP contribution in [0, 0.1) is 5.92 Å². The molecule has 1 fully saturated rings. The second-order valence-corrected chi connectivity index (χ2v) is 6.48. The third-order valence-electron chi connectivity index (χ3n) is 3.21. The summed E-state index contributed by atoms with van der Waals surface area (Å²) in [5, 5.41) is 2.88. The van der Waals surface area contributed by atoms with E-state index in [4.69, 9.17) is 4.74 Å². The summed E-state index contributed by atoms with van der Waals surface area (Å²) in [4.78, 5) is 14.0. The van der Waals surface area contributed by atoms with Crippen molar-refractivity contribution in [3.63, 3.8) is 0 Å². The van der Waals surface area contributed by atoms with Crippen LogP contribution in [0.4, 0.5) is 4.79 Å². The van der Waals surface area contributed by atoms with Gasteiger partial charge in [0.25, 0.3) is 0 Å². The zero-order valence-electron chi connectivity index (χ0n) is 12.5. The predicted octanol–water partition coefficient (Wildman–Crippen LogP) is 2.63. The Balaban J connectivity index is 2.28. The molecule has 4 nitrogen and oxygen atoms in total. The molecule has 1 unspecified atom stereocenters. The molecule has 1 N–H and O–H groups in total. The van der Waals surface area contributed by atoms with Gasteiger partial charge in [0, 0.05) is 19.1 Å². The molecule has 1 rings (SSSR count). The highest BCUT2D eigenvalue weighted by molar-refractivity contribution is 5.67. The summed E-state index contributed by atoms with van der Waals surface area (Å²) in [5.74, 6) is 0.550. The van der Waals surface area contributed by atoms with Gasteiger partial charge in [0.1, 0.15) is 5.60 Å². The van der Waals surface area contributed by atoms with Gasteiger partial charge < -0.3 is 15.0 Å². The second kappa shape index (κ2) is 6.41. The highest BCUT2D eigenvalue weighted by Gasteiger charge is 2.23. The summed E-state index contributed by atoms with van der Waals surface area (Å²) in [7, 11) is 0. The molecule has 0 aromatic heterocycles. The van der Waals surface area contributed by atoms with Crippen molar-refractivity contribution in [3.8, 4) is 0 Å². The van der Waals surface area contributed by atoms with Crippen LogP contribution in [0.1, 0.15) is 47.5 Å². The fourth-order valence-electron chi connectivity index (χ4n) is 2.27. The fraction of sp³-hybridized carbons (Fsp3) is 0.929. The first-order valence-electron chi connectivity index (χ1n) is 6.99. The largest absolute Gasteiger partial charge is 0.444 e. The van der Waals surface area contributed by atoms with Crippen LogP contribution in [0.5, 0.6) is 0 Å². The van der Waals surface area contributed by atoms with Crippen molar-refractivity contribution in [2.75, 3.05) is 19.6 Å². The standard InChI is InChI=1S/C14H28N2O2/c1-11(2)16-8-6-7-12(10-16)9-15-13(17)18-14(3,4)5/h11-12H,6-10H2,1-5H3,(H,15,17). The Labute approximate surface area is 111 Å². The summed E-state index contributed by atoms with van der Waals surface area (Å²) >= 11 is 0. The first-order chi connectivity index (χ1) is 8.28. The number of hydrogen-bond acceptors (Lipinski definition) is 3. The minimum absolute atomic E-state index is 0.302. The van der Waals surface area contributed by atoms with Crippen LogP contribution in [0.3, 0.4) is 0 Å². The molecule has 18 heavy (non-hydrogen) atoms. The lowest BCUT2D eigenvalue weighted by Gasteiger charge is -2.35. The smallest absolute Gasteiger partial charge is 0.407 e. The van der Waals surface area contributed by atoms with Crippen LogP contribution in [0.15, 0.2) is 0 Å². The van der Waals surface area contributed by atoms with Gasteiger partial charge in [-0.2, -0.15) is 0 Å². The zero-order chi connectivity index (χ0) is 13.8. The van der Waals surface area contributed by atoms with E-state index < -0.39 is 5.60 Å². The molecule has 0 aliphatic carbocycles. The summed E-state index contributed by atoms with van der Waals surface area (Å²) in [6, 6.07) is 0.592. The summed E-state index contributed by atoms with van der Waals surface area (Å²) in [5.41, 5.74) is -0.416. The van der Waals surface area contributed by atoms with Gasteiger partial charge in [-0.15, -0.1) is 0 Å². The average molecular weight is 256 g/mol. The minimum atomic E-state index is -0.416. The summed E-state index contributed by atoms with van der Waals surface area (Å²) in [6.07, 6.45) is 2.11. The second-order valence-electron chi connectivity index (χ2n) is 6.48. The maximum atomic E-state index is 11.6. The van der Waals surface area contributed by atoms with Crippen molar-refractivity contribution < 1.29 is 9.53 Å². The number of amides is 1. The number of likely N-dealkylation sites (tertiary alicyclic amines) is 1. The topological polar surface area (TPSA) is 41.6 Å². The Morgan fingerprint density at radius 3 is 2.67 bits per heavy atom. The molecule has 1 heterocycles. The van der Waals surface area contributed by atoms with Gasteiger partial charge in [-0.3, -0.25) is 0 Å². The third kappa shape index (κ3) is 5.71. The van der Waals surface area contributed by atoms with Crippen LogP contribution in [-0.4, -0.2) is 42.3 Å². The van der Waals surface area contributed by atoms with Crippen LogP contribution in [-0.2, 0) is 4.74 Å². The SMILES string of the molecule is CC(C)N1CCCC(CNC(=O)OC(C)(C)C)C1. The lowest BCUT2D eigenvalue weighted by Crippen LogP contribution is -2.44. The van der Waals surface area contributed by atoms with Crippen LogP contribution < -0.4 is 5.32 Å². The van der Waals surface area contributed by atoms with Gasteiger partial charge in [-0.05, 0) is 59.9 Å². The van der Waals surface area contributed by atoms with Gasteiger partial charge >= 0.3 is 6.09 Å².